The Hall–Kier alpha value is -1.78. The van der Waals surface area contributed by atoms with Crippen molar-refractivity contribution in [3.63, 3.8) is 0 Å². The first kappa shape index (κ1) is 12.7. The fourth-order valence-electron chi connectivity index (χ4n) is 2.53. The van der Waals surface area contributed by atoms with Crippen LogP contribution in [0.5, 0.6) is 0 Å². The van der Waals surface area contributed by atoms with Gasteiger partial charge in [0.2, 0.25) is 0 Å². The van der Waals surface area contributed by atoms with Crippen molar-refractivity contribution in [2.75, 3.05) is 17.7 Å². The molecular weight excluding hydrogens is 230 g/mol. The molecule has 1 aromatic heterocycles. The molecular formula is C13H19N3O2. The molecule has 0 atom stereocenters. The molecule has 18 heavy (non-hydrogen) atoms. The van der Waals surface area contributed by atoms with Crippen LogP contribution >= 0.6 is 0 Å². The summed E-state index contributed by atoms with van der Waals surface area (Å²) in [5.41, 5.74) is 6.47. The molecule has 0 aliphatic heterocycles. The maximum absolute atomic E-state index is 10.8. The van der Waals surface area contributed by atoms with Crippen LogP contribution in [0.25, 0.3) is 0 Å². The van der Waals surface area contributed by atoms with Crippen molar-refractivity contribution in [1.29, 1.82) is 0 Å². The summed E-state index contributed by atoms with van der Waals surface area (Å²) in [5.74, 6) is -0.312. The molecule has 1 aliphatic carbocycles. The summed E-state index contributed by atoms with van der Waals surface area (Å²) in [6.07, 6.45) is 7.44. The number of rotatable bonds is 3. The first-order chi connectivity index (χ1) is 8.59. The number of nitrogen functional groups attached to an aromatic ring is 1. The van der Waals surface area contributed by atoms with Gasteiger partial charge in [0.05, 0.1) is 11.3 Å². The molecule has 0 amide bonds. The number of aromatic carboxylic acids is 1. The van der Waals surface area contributed by atoms with Crippen molar-refractivity contribution < 1.29 is 9.90 Å². The lowest BCUT2D eigenvalue weighted by atomic mass is 9.94. The average Bonchev–Trinajstić information content (AvgIpc) is 2.38. The van der Waals surface area contributed by atoms with Crippen molar-refractivity contribution in [1.82, 2.24) is 4.98 Å². The zero-order valence-corrected chi connectivity index (χ0v) is 10.6. The lowest BCUT2D eigenvalue weighted by Gasteiger charge is -2.32. The number of pyridine rings is 1. The molecule has 0 radical (unpaired) electrons. The van der Waals surface area contributed by atoms with Crippen LogP contribution in [-0.4, -0.2) is 29.1 Å². The molecule has 0 spiro atoms. The summed E-state index contributed by atoms with van der Waals surface area (Å²) in [6, 6.07) is 1.94. The summed E-state index contributed by atoms with van der Waals surface area (Å²) < 4.78 is 0. The SMILES string of the molecule is CN(c1ncc(C(=O)O)cc1N)C1CCCCC1. The highest BCUT2D eigenvalue weighted by molar-refractivity contribution is 5.89. The molecule has 0 unspecified atom stereocenters. The van der Waals surface area contributed by atoms with Gasteiger partial charge in [0.15, 0.2) is 5.82 Å². The second-order valence-electron chi connectivity index (χ2n) is 4.84. The molecule has 98 valence electrons. The van der Waals surface area contributed by atoms with Gasteiger partial charge in [0, 0.05) is 19.3 Å². The third-order valence-corrected chi connectivity index (χ3v) is 3.60. The number of nitrogens with zero attached hydrogens (tertiary/aromatic N) is 2. The fraction of sp³-hybridized carbons (Fsp3) is 0.538. The first-order valence-electron chi connectivity index (χ1n) is 6.31. The Morgan fingerprint density at radius 3 is 2.67 bits per heavy atom. The Bertz CT molecular complexity index is 442. The maximum atomic E-state index is 10.8. The van der Waals surface area contributed by atoms with Crippen LogP contribution in [0.3, 0.4) is 0 Å². The van der Waals surface area contributed by atoms with E-state index in [-0.39, 0.29) is 5.56 Å². The molecule has 1 aromatic rings. The Morgan fingerprint density at radius 2 is 2.11 bits per heavy atom. The number of carboxylic acids is 1. The van der Waals surface area contributed by atoms with Gasteiger partial charge in [0.25, 0.3) is 0 Å². The molecule has 2 rings (SSSR count). The Labute approximate surface area is 107 Å². The lowest BCUT2D eigenvalue weighted by Crippen LogP contribution is -2.34. The van der Waals surface area contributed by atoms with E-state index in [0.29, 0.717) is 17.5 Å². The summed E-state index contributed by atoms with van der Waals surface area (Å²) in [5, 5.41) is 8.88. The van der Waals surface area contributed by atoms with Gasteiger partial charge in [-0.05, 0) is 18.9 Å². The summed E-state index contributed by atoms with van der Waals surface area (Å²) in [6.45, 7) is 0. The molecule has 0 saturated heterocycles. The van der Waals surface area contributed by atoms with E-state index >= 15 is 0 Å². The average molecular weight is 249 g/mol. The van der Waals surface area contributed by atoms with Gasteiger partial charge in [-0.1, -0.05) is 19.3 Å². The van der Waals surface area contributed by atoms with E-state index in [4.69, 9.17) is 10.8 Å². The van der Waals surface area contributed by atoms with Crippen molar-refractivity contribution in [3.8, 4) is 0 Å². The quantitative estimate of drug-likeness (QED) is 0.857. The minimum absolute atomic E-state index is 0.133. The predicted molar refractivity (Wildman–Crippen MR) is 70.9 cm³/mol. The van der Waals surface area contributed by atoms with Crippen molar-refractivity contribution in [3.05, 3.63) is 17.8 Å². The number of nitrogens with two attached hydrogens (primary N) is 1. The van der Waals surface area contributed by atoms with Gasteiger partial charge in [-0.25, -0.2) is 9.78 Å². The van der Waals surface area contributed by atoms with Gasteiger partial charge in [0.1, 0.15) is 0 Å². The molecule has 0 bridgehead atoms. The highest BCUT2D eigenvalue weighted by Crippen LogP contribution is 2.28. The van der Waals surface area contributed by atoms with Crippen molar-refractivity contribution in [2.45, 2.75) is 38.1 Å². The number of aromatic nitrogens is 1. The number of carbonyl (C=O) groups is 1. The summed E-state index contributed by atoms with van der Waals surface area (Å²) in [7, 11) is 1.98. The number of anilines is 2. The van der Waals surface area contributed by atoms with Crippen LogP contribution in [-0.2, 0) is 0 Å². The zero-order chi connectivity index (χ0) is 13.1. The van der Waals surface area contributed by atoms with E-state index in [1.165, 1.54) is 31.5 Å². The molecule has 1 heterocycles. The highest BCUT2D eigenvalue weighted by Gasteiger charge is 2.21. The van der Waals surface area contributed by atoms with E-state index in [1.54, 1.807) is 0 Å². The minimum atomic E-state index is -0.999. The molecule has 1 aliphatic rings. The van der Waals surface area contributed by atoms with Crippen LogP contribution in [0.2, 0.25) is 0 Å². The van der Waals surface area contributed by atoms with E-state index in [2.05, 4.69) is 9.88 Å². The third-order valence-electron chi connectivity index (χ3n) is 3.60. The molecule has 3 N–H and O–H groups in total. The second-order valence-corrected chi connectivity index (χ2v) is 4.84. The number of hydrogen-bond donors (Lipinski definition) is 2. The molecule has 1 saturated carbocycles. The summed E-state index contributed by atoms with van der Waals surface area (Å²) >= 11 is 0. The van der Waals surface area contributed by atoms with Gasteiger partial charge < -0.3 is 15.7 Å². The van der Waals surface area contributed by atoms with Crippen LogP contribution < -0.4 is 10.6 Å². The number of carboxylic acid groups (broad SMARTS) is 1. The Kier molecular flexibility index (Phi) is 3.69. The van der Waals surface area contributed by atoms with E-state index in [1.807, 2.05) is 7.05 Å². The predicted octanol–water partition coefficient (Wildman–Crippen LogP) is 2.13. The topological polar surface area (TPSA) is 79.5 Å². The number of hydrogen-bond acceptors (Lipinski definition) is 4. The van der Waals surface area contributed by atoms with Crippen LogP contribution in [0.4, 0.5) is 11.5 Å². The maximum Gasteiger partial charge on any atom is 0.337 e. The molecule has 5 heteroatoms. The van der Waals surface area contributed by atoms with E-state index in [9.17, 15) is 4.79 Å². The fourth-order valence-corrected chi connectivity index (χ4v) is 2.53. The monoisotopic (exact) mass is 249 g/mol. The van der Waals surface area contributed by atoms with Gasteiger partial charge >= 0.3 is 5.97 Å². The van der Waals surface area contributed by atoms with Gasteiger partial charge in [-0.15, -0.1) is 0 Å². The molecule has 1 fully saturated rings. The molecule has 5 nitrogen and oxygen atoms in total. The lowest BCUT2D eigenvalue weighted by molar-refractivity contribution is 0.0696. The van der Waals surface area contributed by atoms with Crippen molar-refractivity contribution in [2.24, 2.45) is 0 Å². The second kappa shape index (κ2) is 5.25. The van der Waals surface area contributed by atoms with Crippen LogP contribution in [0.15, 0.2) is 12.3 Å². The first-order valence-corrected chi connectivity index (χ1v) is 6.31. The van der Waals surface area contributed by atoms with Gasteiger partial charge in [-0.2, -0.15) is 0 Å². The van der Waals surface area contributed by atoms with E-state index in [0.717, 1.165) is 12.8 Å². The Morgan fingerprint density at radius 1 is 1.44 bits per heavy atom. The normalized spacial score (nSPS) is 16.5. The zero-order valence-electron chi connectivity index (χ0n) is 10.6. The van der Waals surface area contributed by atoms with Crippen LogP contribution in [0.1, 0.15) is 42.5 Å². The highest BCUT2D eigenvalue weighted by atomic mass is 16.4. The van der Waals surface area contributed by atoms with Gasteiger partial charge in [-0.3, -0.25) is 0 Å². The molecule has 0 aromatic carbocycles. The van der Waals surface area contributed by atoms with E-state index < -0.39 is 5.97 Å². The summed E-state index contributed by atoms with van der Waals surface area (Å²) in [4.78, 5) is 17.1. The van der Waals surface area contributed by atoms with Crippen LogP contribution in [0, 0.1) is 0 Å². The standard InChI is InChI=1S/C13H19N3O2/c1-16(10-5-3-2-4-6-10)12-11(14)7-9(8-15-12)13(17)18/h7-8,10H,2-6,14H2,1H3,(H,17,18). The third kappa shape index (κ3) is 2.55. The largest absolute Gasteiger partial charge is 0.478 e. The minimum Gasteiger partial charge on any atom is -0.478 e. The smallest absolute Gasteiger partial charge is 0.337 e. The Balaban J connectivity index is 2.19. The van der Waals surface area contributed by atoms with Crippen molar-refractivity contribution >= 4 is 17.5 Å².